The lowest BCUT2D eigenvalue weighted by Gasteiger charge is -2.30. The van der Waals surface area contributed by atoms with E-state index in [1.54, 1.807) is 0 Å². The lowest BCUT2D eigenvalue weighted by Crippen LogP contribution is -2.41. The lowest BCUT2D eigenvalue weighted by molar-refractivity contribution is -0.136. The maximum atomic E-state index is 12.4. The van der Waals surface area contributed by atoms with Gasteiger partial charge < -0.3 is 10.2 Å². The van der Waals surface area contributed by atoms with Gasteiger partial charge in [0, 0.05) is 19.1 Å². The van der Waals surface area contributed by atoms with Gasteiger partial charge in [-0.1, -0.05) is 26.2 Å². The van der Waals surface area contributed by atoms with E-state index in [4.69, 9.17) is 0 Å². The second kappa shape index (κ2) is 6.37. The Labute approximate surface area is 127 Å². The van der Waals surface area contributed by atoms with E-state index in [1.165, 1.54) is 19.3 Å². The Balaban J connectivity index is 1.44. The summed E-state index contributed by atoms with van der Waals surface area (Å²) in [4.78, 5) is 26.6. The first-order valence-corrected chi connectivity index (χ1v) is 8.74. The van der Waals surface area contributed by atoms with Crippen LogP contribution in [0, 0.1) is 17.8 Å². The number of carbonyl (C=O) groups excluding carboxylic acids is 2. The molecule has 0 aromatic rings. The van der Waals surface area contributed by atoms with E-state index in [0.717, 1.165) is 51.1 Å². The molecule has 2 saturated carbocycles. The van der Waals surface area contributed by atoms with Crippen molar-refractivity contribution in [2.24, 2.45) is 17.8 Å². The standard InChI is InChI=1S/C17H28N2O2/c1-12-7-9-19(10-8-12)17(21)15-11-14(15)16(20)18-13-5-3-2-4-6-13/h12-15H,2-11H2,1H3,(H,18,20). The largest absolute Gasteiger partial charge is 0.353 e. The third-order valence-electron chi connectivity index (χ3n) is 5.49. The molecule has 4 nitrogen and oxygen atoms in total. The minimum absolute atomic E-state index is 0.0259. The van der Waals surface area contributed by atoms with Crippen LogP contribution >= 0.6 is 0 Å². The Morgan fingerprint density at radius 3 is 2.29 bits per heavy atom. The predicted molar refractivity (Wildman–Crippen MR) is 81.6 cm³/mol. The van der Waals surface area contributed by atoms with Gasteiger partial charge >= 0.3 is 0 Å². The van der Waals surface area contributed by atoms with Crippen LogP contribution in [0.15, 0.2) is 0 Å². The molecule has 2 aliphatic carbocycles. The lowest BCUT2D eigenvalue weighted by atomic mass is 9.95. The summed E-state index contributed by atoms with van der Waals surface area (Å²) in [7, 11) is 0. The van der Waals surface area contributed by atoms with Gasteiger partial charge in [-0.05, 0) is 38.0 Å². The van der Waals surface area contributed by atoms with Crippen LogP contribution in [-0.4, -0.2) is 35.8 Å². The van der Waals surface area contributed by atoms with Gasteiger partial charge in [0.05, 0.1) is 11.8 Å². The maximum absolute atomic E-state index is 12.4. The highest BCUT2D eigenvalue weighted by Gasteiger charge is 2.49. The van der Waals surface area contributed by atoms with Crippen LogP contribution in [0.4, 0.5) is 0 Å². The topological polar surface area (TPSA) is 49.4 Å². The van der Waals surface area contributed by atoms with E-state index in [2.05, 4.69) is 12.2 Å². The van der Waals surface area contributed by atoms with Gasteiger partial charge in [-0.25, -0.2) is 0 Å². The van der Waals surface area contributed by atoms with Crippen LogP contribution in [0.1, 0.15) is 58.3 Å². The summed E-state index contributed by atoms with van der Waals surface area (Å²) in [5.74, 6) is 1.02. The summed E-state index contributed by atoms with van der Waals surface area (Å²) in [6, 6.07) is 0.360. The minimum Gasteiger partial charge on any atom is -0.353 e. The first-order valence-electron chi connectivity index (χ1n) is 8.74. The molecule has 0 radical (unpaired) electrons. The first kappa shape index (κ1) is 14.9. The average molecular weight is 292 g/mol. The van der Waals surface area contributed by atoms with E-state index in [-0.39, 0.29) is 23.7 Å². The molecular weight excluding hydrogens is 264 g/mol. The maximum Gasteiger partial charge on any atom is 0.226 e. The van der Waals surface area contributed by atoms with Crippen molar-refractivity contribution in [3.05, 3.63) is 0 Å². The molecule has 0 aromatic carbocycles. The van der Waals surface area contributed by atoms with Crippen molar-refractivity contribution in [1.29, 1.82) is 0 Å². The summed E-state index contributed by atoms with van der Waals surface area (Å²) in [5.41, 5.74) is 0. The number of hydrogen-bond acceptors (Lipinski definition) is 2. The highest BCUT2D eigenvalue weighted by atomic mass is 16.2. The normalized spacial score (nSPS) is 31.0. The Morgan fingerprint density at radius 2 is 1.62 bits per heavy atom. The molecule has 2 unspecified atom stereocenters. The zero-order valence-electron chi connectivity index (χ0n) is 13.1. The van der Waals surface area contributed by atoms with Crippen molar-refractivity contribution in [2.45, 2.75) is 64.3 Å². The Kier molecular flexibility index (Phi) is 4.51. The van der Waals surface area contributed by atoms with E-state index in [0.29, 0.717) is 6.04 Å². The number of likely N-dealkylation sites (tertiary alicyclic amines) is 1. The molecule has 1 heterocycles. The molecule has 3 fully saturated rings. The molecule has 1 N–H and O–H groups in total. The van der Waals surface area contributed by atoms with Crippen LogP contribution in [0.2, 0.25) is 0 Å². The molecule has 4 heteroatoms. The molecule has 0 bridgehead atoms. The third kappa shape index (κ3) is 3.58. The summed E-state index contributed by atoms with van der Waals surface area (Å²) in [6.45, 7) is 4.01. The zero-order chi connectivity index (χ0) is 14.8. The van der Waals surface area contributed by atoms with E-state index in [1.807, 2.05) is 4.90 Å². The van der Waals surface area contributed by atoms with Gasteiger partial charge in [0.2, 0.25) is 11.8 Å². The van der Waals surface area contributed by atoms with Crippen LogP contribution in [0.3, 0.4) is 0 Å². The molecule has 2 atom stereocenters. The molecule has 0 aromatic heterocycles. The number of amides is 2. The Bertz CT molecular complexity index is 396. The van der Waals surface area contributed by atoms with E-state index < -0.39 is 0 Å². The molecule has 0 spiro atoms. The number of piperidine rings is 1. The monoisotopic (exact) mass is 292 g/mol. The highest BCUT2D eigenvalue weighted by Crippen LogP contribution is 2.41. The quantitative estimate of drug-likeness (QED) is 0.868. The molecule has 3 aliphatic rings. The highest BCUT2D eigenvalue weighted by molar-refractivity contribution is 5.92. The van der Waals surface area contributed by atoms with Crippen molar-refractivity contribution in [3.8, 4) is 0 Å². The molecule has 1 aliphatic heterocycles. The molecule has 1 saturated heterocycles. The number of hydrogen-bond donors (Lipinski definition) is 1. The number of carbonyl (C=O) groups is 2. The van der Waals surface area contributed by atoms with E-state index >= 15 is 0 Å². The zero-order valence-corrected chi connectivity index (χ0v) is 13.1. The average Bonchev–Trinajstić information content (AvgIpc) is 3.29. The summed E-state index contributed by atoms with van der Waals surface area (Å²) in [6.07, 6.45) is 8.96. The van der Waals surface area contributed by atoms with Crippen LogP contribution < -0.4 is 5.32 Å². The summed E-state index contributed by atoms with van der Waals surface area (Å²) >= 11 is 0. The molecule has 2 amide bonds. The number of nitrogens with zero attached hydrogens (tertiary/aromatic N) is 1. The van der Waals surface area contributed by atoms with Crippen molar-refractivity contribution < 1.29 is 9.59 Å². The predicted octanol–water partition coefficient (Wildman–Crippen LogP) is 2.33. The summed E-state index contributed by atoms with van der Waals surface area (Å²) < 4.78 is 0. The Hall–Kier alpha value is -1.06. The second-order valence-electron chi connectivity index (χ2n) is 7.30. The molecule has 21 heavy (non-hydrogen) atoms. The molecular formula is C17H28N2O2. The summed E-state index contributed by atoms with van der Waals surface area (Å²) in [5, 5.41) is 3.17. The minimum atomic E-state index is -0.0428. The van der Waals surface area contributed by atoms with Crippen molar-refractivity contribution in [3.63, 3.8) is 0 Å². The fraction of sp³-hybridized carbons (Fsp3) is 0.882. The first-order chi connectivity index (χ1) is 10.1. The molecule has 118 valence electrons. The third-order valence-corrected chi connectivity index (χ3v) is 5.49. The van der Waals surface area contributed by atoms with Crippen molar-refractivity contribution >= 4 is 11.8 Å². The van der Waals surface area contributed by atoms with Gasteiger partial charge in [-0.2, -0.15) is 0 Å². The number of rotatable bonds is 3. The second-order valence-corrected chi connectivity index (χ2v) is 7.30. The molecule has 3 rings (SSSR count). The van der Waals surface area contributed by atoms with Gasteiger partial charge in [0.25, 0.3) is 0 Å². The van der Waals surface area contributed by atoms with E-state index in [9.17, 15) is 9.59 Å². The van der Waals surface area contributed by atoms with Gasteiger partial charge in [-0.3, -0.25) is 9.59 Å². The van der Waals surface area contributed by atoms with Crippen LogP contribution in [0.5, 0.6) is 0 Å². The number of nitrogens with one attached hydrogen (secondary N) is 1. The fourth-order valence-corrected chi connectivity index (χ4v) is 3.78. The van der Waals surface area contributed by atoms with Crippen molar-refractivity contribution in [1.82, 2.24) is 10.2 Å². The SMILES string of the molecule is CC1CCN(C(=O)C2CC2C(=O)NC2CCCCC2)CC1. The van der Waals surface area contributed by atoms with Gasteiger partial charge in [-0.15, -0.1) is 0 Å². The smallest absolute Gasteiger partial charge is 0.226 e. The van der Waals surface area contributed by atoms with Crippen LogP contribution in [0.25, 0.3) is 0 Å². The van der Waals surface area contributed by atoms with Crippen molar-refractivity contribution in [2.75, 3.05) is 13.1 Å². The Morgan fingerprint density at radius 1 is 0.952 bits per heavy atom. The van der Waals surface area contributed by atoms with Crippen LogP contribution in [-0.2, 0) is 9.59 Å². The van der Waals surface area contributed by atoms with Gasteiger partial charge in [0.1, 0.15) is 0 Å². The fourth-order valence-electron chi connectivity index (χ4n) is 3.78. The van der Waals surface area contributed by atoms with Gasteiger partial charge in [0.15, 0.2) is 0 Å².